The van der Waals surface area contributed by atoms with E-state index in [1.165, 1.54) is 0 Å². The molecule has 0 fully saturated rings. The summed E-state index contributed by atoms with van der Waals surface area (Å²) in [5, 5.41) is 0. The standard InChI is InChI=1S/C8H14O3/c1-8(2,3)6-11-7(10)4-5-9/h5H,4,6H2,1-3H3. The molecule has 3 nitrogen and oxygen atoms in total. The number of carbonyl (C=O) groups is 2. The van der Waals surface area contributed by atoms with Crippen molar-refractivity contribution in [1.82, 2.24) is 0 Å². The van der Waals surface area contributed by atoms with Gasteiger partial charge in [0, 0.05) is 0 Å². The first kappa shape index (κ1) is 10.1. The zero-order chi connectivity index (χ0) is 8.91. The van der Waals surface area contributed by atoms with Crippen molar-refractivity contribution < 1.29 is 14.3 Å². The van der Waals surface area contributed by atoms with Gasteiger partial charge in [0.1, 0.15) is 12.7 Å². The van der Waals surface area contributed by atoms with E-state index in [9.17, 15) is 9.59 Å². The Hall–Kier alpha value is -0.860. The normalized spacial score (nSPS) is 10.8. The fraction of sp³-hybridized carbons (Fsp3) is 0.750. The molecule has 0 aliphatic rings. The van der Waals surface area contributed by atoms with Crippen molar-refractivity contribution in [2.45, 2.75) is 27.2 Å². The smallest absolute Gasteiger partial charge is 0.313 e. The quantitative estimate of drug-likeness (QED) is 0.351. The fourth-order valence-electron chi connectivity index (χ4n) is 0.424. The van der Waals surface area contributed by atoms with Gasteiger partial charge in [0.25, 0.3) is 0 Å². The molecular formula is C8H14O3. The summed E-state index contributed by atoms with van der Waals surface area (Å²) in [4.78, 5) is 20.5. The highest BCUT2D eigenvalue weighted by Crippen LogP contribution is 2.12. The molecule has 11 heavy (non-hydrogen) atoms. The molecule has 0 bridgehead atoms. The minimum absolute atomic E-state index is 0.0292. The average Bonchev–Trinajstić information content (AvgIpc) is 1.83. The van der Waals surface area contributed by atoms with Crippen LogP contribution in [0, 0.1) is 5.41 Å². The lowest BCUT2D eigenvalue weighted by molar-refractivity contribution is -0.147. The lowest BCUT2D eigenvalue weighted by Crippen LogP contribution is -2.18. The Morgan fingerprint density at radius 1 is 1.45 bits per heavy atom. The van der Waals surface area contributed by atoms with Crippen LogP contribution in [0.3, 0.4) is 0 Å². The molecule has 0 rings (SSSR count). The summed E-state index contributed by atoms with van der Waals surface area (Å²) in [5.74, 6) is -0.449. The van der Waals surface area contributed by atoms with Gasteiger partial charge in [0.2, 0.25) is 0 Å². The zero-order valence-electron chi connectivity index (χ0n) is 7.22. The van der Waals surface area contributed by atoms with Gasteiger partial charge >= 0.3 is 5.97 Å². The number of carbonyl (C=O) groups excluding carboxylic acids is 2. The molecule has 0 aliphatic carbocycles. The largest absolute Gasteiger partial charge is 0.465 e. The van der Waals surface area contributed by atoms with Crippen LogP contribution in [0.1, 0.15) is 27.2 Å². The van der Waals surface area contributed by atoms with Gasteiger partial charge in [-0.2, -0.15) is 0 Å². The highest BCUT2D eigenvalue weighted by molar-refractivity contribution is 5.83. The predicted molar refractivity (Wildman–Crippen MR) is 41.1 cm³/mol. The predicted octanol–water partition coefficient (Wildman–Crippen LogP) is 1.16. The minimum atomic E-state index is -0.449. The van der Waals surface area contributed by atoms with Crippen LogP contribution in [0.4, 0.5) is 0 Å². The van der Waals surface area contributed by atoms with Crippen molar-refractivity contribution in [3.8, 4) is 0 Å². The van der Waals surface area contributed by atoms with Crippen molar-refractivity contribution in [3.63, 3.8) is 0 Å². The van der Waals surface area contributed by atoms with E-state index in [0.717, 1.165) is 0 Å². The second-order valence-electron chi connectivity index (χ2n) is 3.59. The molecule has 0 unspecified atom stereocenters. The number of esters is 1. The van der Waals surface area contributed by atoms with E-state index >= 15 is 0 Å². The summed E-state index contributed by atoms with van der Waals surface area (Å²) in [6, 6.07) is 0. The van der Waals surface area contributed by atoms with Gasteiger partial charge in [0.15, 0.2) is 0 Å². The summed E-state index contributed by atoms with van der Waals surface area (Å²) in [6.07, 6.45) is 0.404. The molecule has 0 saturated heterocycles. The van der Waals surface area contributed by atoms with E-state index in [-0.39, 0.29) is 11.8 Å². The number of hydrogen-bond donors (Lipinski definition) is 0. The summed E-state index contributed by atoms with van der Waals surface area (Å²) >= 11 is 0. The molecule has 0 aliphatic heterocycles. The van der Waals surface area contributed by atoms with Crippen molar-refractivity contribution in [1.29, 1.82) is 0 Å². The maximum atomic E-state index is 10.6. The first-order chi connectivity index (χ1) is 4.95. The van der Waals surface area contributed by atoms with Crippen LogP contribution in [0.15, 0.2) is 0 Å². The molecule has 0 spiro atoms. The Balaban J connectivity index is 3.54. The molecule has 0 aromatic heterocycles. The van der Waals surface area contributed by atoms with Crippen molar-refractivity contribution >= 4 is 12.3 Å². The van der Waals surface area contributed by atoms with E-state index in [2.05, 4.69) is 0 Å². The maximum Gasteiger partial charge on any atom is 0.313 e. The van der Waals surface area contributed by atoms with Gasteiger partial charge in [0.05, 0.1) is 6.61 Å². The van der Waals surface area contributed by atoms with Crippen LogP contribution in [0.5, 0.6) is 0 Å². The first-order valence-corrected chi connectivity index (χ1v) is 3.55. The third-order valence-corrected chi connectivity index (χ3v) is 0.916. The van der Waals surface area contributed by atoms with E-state index in [1.807, 2.05) is 20.8 Å². The Kier molecular flexibility index (Phi) is 3.79. The van der Waals surface area contributed by atoms with E-state index in [1.54, 1.807) is 0 Å². The number of hydrogen-bond acceptors (Lipinski definition) is 3. The van der Waals surface area contributed by atoms with Crippen LogP contribution >= 0.6 is 0 Å². The lowest BCUT2D eigenvalue weighted by Gasteiger charge is -2.17. The van der Waals surface area contributed by atoms with Gasteiger partial charge in [-0.3, -0.25) is 4.79 Å². The molecule has 0 radical (unpaired) electrons. The average molecular weight is 158 g/mol. The van der Waals surface area contributed by atoms with Gasteiger partial charge in [-0.1, -0.05) is 20.8 Å². The van der Waals surface area contributed by atoms with Crippen molar-refractivity contribution in [3.05, 3.63) is 0 Å². The van der Waals surface area contributed by atoms with Crippen LogP contribution < -0.4 is 0 Å². The monoisotopic (exact) mass is 158 g/mol. The fourth-order valence-corrected chi connectivity index (χ4v) is 0.424. The highest BCUT2D eigenvalue weighted by atomic mass is 16.5. The molecule has 64 valence electrons. The molecule has 0 amide bonds. The molecule has 0 aromatic carbocycles. The molecule has 0 saturated carbocycles. The second kappa shape index (κ2) is 4.11. The molecular weight excluding hydrogens is 144 g/mol. The SMILES string of the molecule is CC(C)(C)COC(=O)CC=O. The summed E-state index contributed by atoms with van der Waals surface area (Å²) in [7, 11) is 0. The topological polar surface area (TPSA) is 43.4 Å². The second-order valence-corrected chi connectivity index (χ2v) is 3.59. The third-order valence-electron chi connectivity index (χ3n) is 0.916. The lowest BCUT2D eigenvalue weighted by atomic mass is 9.99. The minimum Gasteiger partial charge on any atom is -0.465 e. The Labute approximate surface area is 66.7 Å². The van der Waals surface area contributed by atoms with Crippen LogP contribution in [-0.2, 0) is 14.3 Å². The summed E-state index contributed by atoms with van der Waals surface area (Å²) in [6.45, 7) is 6.24. The van der Waals surface area contributed by atoms with Gasteiger partial charge in [-0.15, -0.1) is 0 Å². The summed E-state index contributed by atoms with van der Waals surface area (Å²) < 4.78 is 4.78. The Morgan fingerprint density at radius 3 is 2.36 bits per heavy atom. The maximum absolute atomic E-state index is 10.6. The Bertz CT molecular complexity index is 144. The third kappa shape index (κ3) is 7.03. The van der Waals surface area contributed by atoms with Gasteiger partial charge in [-0.25, -0.2) is 0 Å². The van der Waals surface area contributed by atoms with Gasteiger partial charge < -0.3 is 9.53 Å². The Morgan fingerprint density at radius 2 is 2.00 bits per heavy atom. The van der Waals surface area contributed by atoms with E-state index < -0.39 is 5.97 Å². The van der Waals surface area contributed by atoms with Gasteiger partial charge in [-0.05, 0) is 5.41 Å². The van der Waals surface area contributed by atoms with E-state index in [0.29, 0.717) is 12.9 Å². The van der Waals surface area contributed by atoms with Crippen LogP contribution in [0.25, 0.3) is 0 Å². The molecule has 0 atom stereocenters. The number of ether oxygens (including phenoxy) is 1. The van der Waals surface area contributed by atoms with Crippen LogP contribution in [-0.4, -0.2) is 18.9 Å². The zero-order valence-corrected chi connectivity index (χ0v) is 7.22. The molecule has 3 heteroatoms. The van der Waals surface area contributed by atoms with E-state index in [4.69, 9.17) is 4.74 Å². The molecule has 0 aromatic rings. The summed E-state index contributed by atoms with van der Waals surface area (Å²) in [5.41, 5.74) is -0.0292. The molecule has 0 heterocycles. The first-order valence-electron chi connectivity index (χ1n) is 3.55. The molecule has 0 N–H and O–H groups in total. The van der Waals surface area contributed by atoms with Crippen LogP contribution in [0.2, 0.25) is 0 Å². The van der Waals surface area contributed by atoms with Crippen molar-refractivity contribution in [2.24, 2.45) is 5.41 Å². The van der Waals surface area contributed by atoms with Crippen molar-refractivity contribution in [2.75, 3.05) is 6.61 Å². The number of aldehydes is 1. The number of rotatable bonds is 3. The highest BCUT2D eigenvalue weighted by Gasteiger charge is 2.12.